The predicted molar refractivity (Wildman–Crippen MR) is 93.8 cm³/mol. The molecule has 1 aromatic heterocycles. The van der Waals surface area contributed by atoms with E-state index in [9.17, 15) is 28.5 Å². The molecule has 2 heterocycles. The Morgan fingerprint density at radius 2 is 1.86 bits per heavy atom. The first-order chi connectivity index (χ1) is 12.7. The molecule has 0 amide bonds. The van der Waals surface area contributed by atoms with Crippen molar-refractivity contribution in [1.82, 2.24) is 9.55 Å². The van der Waals surface area contributed by atoms with Crippen molar-refractivity contribution in [3.63, 3.8) is 0 Å². The number of nitrogens with two attached hydrogens (primary N) is 1. The minimum Gasteiger partial charge on any atom is -0.392 e. The molecule has 0 aromatic carbocycles. The fraction of sp³-hybridized carbons (Fsp3) is 0.556. The number of nitrogens with zero attached hydrogens (tertiary/aromatic N) is 2. The topological polar surface area (TPSA) is 241 Å². The van der Waals surface area contributed by atoms with Crippen LogP contribution >= 0.6 is 35.2 Å². The summed E-state index contributed by atoms with van der Waals surface area (Å²) in [5, 5.41) is 8.60. The Morgan fingerprint density at radius 3 is 2.43 bits per heavy atom. The highest BCUT2D eigenvalue weighted by molar-refractivity contribution is 8.00. The number of nitrogen functional groups attached to an aromatic ring is 1. The molecule has 2 unspecified atom stereocenters. The van der Waals surface area contributed by atoms with Crippen molar-refractivity contribution < 1.29 is 51.5 Å². The predicted octanol–water partition coefficient (Wildman–Crippen LogP) is -0.466. The fourth-order valence-electron chi connectivity index (χ4n) is 2.15. The Kier molecular flexibility index (Phi) is 7.31. The molecular weight excluding hydrogens is 467 g/mol. The van der Waals surface area contributed by atoms with Crippen LogP contribution in [-0.4, -0.2) is 52.2 Å². The van der Waals surface area contributed by atoms with E-state index in [4.69, 9.17) is 20.4 Å². The van der Waals surface area contributed by atoms with Gasteiger partial charge in [0.25, 0.3) is 0 Å². The third kappa shape index (κ3) is 7.02. The summed E-state index contributed by atoms with van der Waals surface area (Å²) in [7, 11) is -16.4. The van der Waals surface area contributed by atoms with E-state index in [1.54, 1.807) is 0 Å². The summed E-state index contributed by atoms with van der Waals surface area (Å²) in [6, 6.07) is 1.37. The smallest absolute Gasteiger partial charge is 0.392 e. The fourth-order valence-corrected chi connectivity index (χ4v) is 6.74. The Hall–Kier alpha value is -0.600. The molecular formula is C9H16N3O12P3S. The molecule has 1 saturated heterocycles. The lowest BCUT2D eigenvalue weighted by molar-refractivity contribution is 0.125. The lowest BCUT2D eigenvalue weighted by Crippen LogP contribution is -2.25. The Morgan fingerprint density at radius 1 is 1.21 bits per heavy atom. The molecule has 0 radical (unpaired) electrons. The highest BCUT2D eigenvalue weighted by atomic mass is 32.2. The quantitative estimate of drug-likeness (QED) is 0.256. The average Bonchev–Trinajstić information content (AvgIpc) is 2.82. The second kappa shape index (κ2) is 8.64. The molecule has 1 fully saturated rings. The Balaban J connectivity index is 1.98. The van der Waals surface area contributed by atoms with Gasteiger partial charge in [0.2, 0.25) is 0 Å². The van der Waals surface area contributed by atoms with E-state index in [1.807, 2.05) is 0 Å². The summed E-state index contributed by atoms with van der Waals surface area (Å²) >= 11 is 0.993. The second-order valence-electron chi connectivity index (χ2n) is 5.36. The van der Waals surface area contributed by atoms with Gasteiger partial charge in [0.05, 0.1) is 23.3 Å². The molecule has 0 aliphatic carbocycles. The first kappa shape index (κ1) is 23.7. The van der Waals surface area contributed by atoms with Gasteiger partial charge in [0, 0.05) is 12.6 Å². The van der Waals surface area contributed by atoms with Crippen LogP contribution in [0.3, 0.4) is 0 Å². The summed E-state index contributed by atoms with van der Waals surface area (Å²) < 4.78 is 46.4. The van der Waals surface area contributed by atoms with Crippen LogP contribution in [0.2, 0.25) is 0 Å². The minimum atomic E-state index is -5.62. The van der Waals surface area contributed by atoms with Gasteiger partial charge in [-0.3, -0.25) is 9.09 Å². The lowest BCUT2D eigenvalue weighted by atomic mass is 10.2. The molecule has 0 saturated carbocycles. The Labute approximate surface area is 160 Å². The zero-order valence-corrected chi connectivity index (χ0v) is 17.1. The van der Waals surface area contributed by atoms with Gasteiger partial charge in [-0.1, -0.05) is 0 Å². The van der Waals surface area contributed by atoms with Crippen LogP contribution in [0.25, 0.3) is 0 Å². The number of phosphoric acid groups is 3. The summed E-state index contributed by atoms with van der Waals surface area (Å²) in [6.07, 6.45) is 0.326. The van der Waals surface area contributed by atoms with Crippen LogP contribution in [-0.2, 0) is 26.8 Å². The molecule has 160 valence electrons. The van der Waals surface area contributed by atoms with Crippen LogP contribution in [0.1, 0.15) is 11.8 Å². The van der Waals surface area contributed by atoms with Gasteiger partial charge in [-0.15, -0.1) is 11.8 Å². The molecule has 15 nitrogen and oxygen atoms in total. The molecule has 0 bridgehead atoms. The number of hydrogen-bond donors (Lipinski definition) is 6. The molecule has 19 heteroatoms. The summed E-state index contributed by atoms with van der Waals surface area (Å²) in [5.74, 6) is 0.00834. The monoisotopic (exact) mass is 483 g/mol. The zero-order valence-electron chi connectivity index (χ0n) is 13.6. The van der Waals surface area contributed by atoms with Crippen LogP contribution in [0.15, 0.2) is 17.1 Å². The van der Waals surface area contributed by atoms with Gasteiger partial charge >= 0.3 is 29.2 Å². The van der Waals surface area contributed by atoms with E-state index < -0.39 is 52.5 Å². The number of hydrogen-bond acceptors (Lipinski definition) is 11. The van der Waals surface area contributed by atoms with E-state index in [0.29, 0.717) is 0 Å². The van der Waals surface area contributed by atoms with Crippen LogP contribution in [0, 0.1) is 0 Å². The van der Waals surface area contributed by atoms with Crippen molar-refractivity contribution in [3.05, 3.63) is 22.7 Å². The summed E-state index contributed by atoms with van der Waals surface area (Å²) in [5.41, 5.74) is 4.72. The van der Waals surface area contributed by atoms with Gasteiger partial charge in [-0.2, -0.15) is 13.6 Å². The minimum absolute atomic E-state index is 0.00834. The van der Waals surface area contributed by atoms with E-state index in [-0.39, 0.29) is 12.2 Å². The van der Waals surface area contributed by atoms with Crippen molar-refractivity contribution in [3.8, 4) is 0 Å². The molecule has 0 spiro atoms. The SMILES string of the molecule is Nc1ccn([C@H]2C[C@H](O)[C@@H](COP(=O)(O)OP(=O)(O)OP(=O)(O)O)S2)c(=O)n1. The van der Waals surface area contributed by atoms with Gasteiger partial charge in [0.15, 0.2) is 0 Å². The molecule has 2 rings (SSSR count). The normalized spacial score (nSPS) is 27.2. The van der Waals surface area contributed by atoms with Crippen LogP contribution < -0.4 is 11.4 Å². The van der Waals surface area contributed by atoms with Crippen molar-refractivity contribution in [1.29, 1.82) is 0 Å². The van der Waals surface area contributed by atoms with Gasteiger partial charge in [-0.05, 0) is 6.07 Å². The van der Waals surface area contributed by atoms with Crippen molar-refractivity contribution in [2.45, 2.75) is 23.1 Å². The highest BCUT2D eigenvalue weighted by Crippen LogP contribution is 2.66. The molecule has 1 aliphatic heterocycles. The van der Waals surface area contributed by atoms with E-state index in [2.05, 4.69) is 18.1 Å². The maximum absolute atomic E-state index is 11.8. The molecule has 1 aromatic rings. The molecule has 5 atom stereocenters. The standard InChI is InChI=1S/C9H16N3O12P3S/c10-7-1-2-12(9(14)11-7)8-3-5(13)6(28-8)4-22-26(18,19)24-27(20,21)23-25(15,16)17/h1-2,5-6,8,13H,3-4H2,(H,18,19)(H,20,21)(H2,10,11,14)(H2,15,16,17)/t5-,6+,8+/m0/s1. The summed E-state index contributed by atoms with van der Waals surface area (Å²) in [6.45, 7) is -0.664. The number of aliphatic hydroxyl groups excluding tert-OH is 1. The van der Waals surface area contributed by atoms with Crippen LogP contribution in [0.4, 0.5) is 5.82 Å². The molecule has 7 N–H and O–H groups in total. The molecule has 28 heavy (non-hydrogen) atoms. The number of aliphatic hydroxyl groups is 1. The lowest BCUT2D eigenvalue weighted by Gasteiger charge is -2.19. The number of thioether (sulfide) groups is 1. The zero-order chi connectivity index (χ0) is 21.3. The largest absolute Gasteiger partial charge is 0.490 e. The van der Waals surface area contributed by atoms with Gasteiger partial charge in [-0.25, -0.2) is 18.5 Å². The van der Waals surface area contributed by atoms with E-state index in [1.165, 1.54) is 16.8 Å². The number of aromatic nitrogens is 2. The molecule has 1 aliphatic rings. The number of rotatable bonds is 8. The average molecular weight is 483 g/mol. The number of phosphoric ester groups is 1. The van der Waals surface area contributed by atoms with E-state index >= 15 is 0 Å². The number of anilines is 1. The Bertz CT molecular complexity index is 919. The first-order valence-corrected chi connectivity index (χ1v) is 12.6. The summed E-state index contributed by atoms with van der Waals surface area (Å²) in [4.78, 5) is 50.8. The van der Waals surface area contributed by atoms with Gasteiger partial charge < -0.3 is 30.4 Å². The first-order valence-electron chi connectivity index (χ1n) is 7.14. The second-order valence-corrected chi connectivity index (χ2v) is 11.2. The maximum Gasteiger partial charge on any atom is 0.490 e. The van der Waals surface area contributed by atoms with Crippen molar-refractivity contribution in [2.75, 3.05) is 12.3 Å². The van der Waals surface area contributed by atoms with Crippen molar-refractivity contribution >= 4 is 41.0 Å². The van der Waals surface area contributed by atoms with Crippen molar-refractivity contribution in [2.24, 2.45) is 0 Å². The van der Waals surface area contributed by atoms with Crippen LogP contribution in [0.5, 0.6) is 0 Å². The van der Waals surface area contributed by atoms with E-state index in [0.717, 1.165) is 11.8 Å². The third-order valence-corrected chi connectivity index (χ3v) is 8.52. The highest BCUT2D eigenvalue weighted by Gasteiger charge is 2.42. The van der Waals surface area contributed by atoms with Gasteiger partial charge in [0.1, 0.15) is 5.82 Å². The third-order valence-electron chi connectivity index (χ3n) is 3.18. The maximum atomic E-state index is 11.8.